The van der Waals surface area contributed by atoms with E-state index in [1.54, 1.807) is 0 Å². The van der Waals surface area contributed by atoms with E-state index in [0.717, 1.165) is 54.9 Å². The van der Waals surface area contributed by atoms with Gasteiger partial charge in [0.1, 0.15) is 5.71 Å². The minimum Gasteiger partial charge on any atom is -0.250 e. The van der Waals surface area contributed by atoms with E-state index in [2.05, 4.69) is 89.8 Å². The lowest BCUT2D eigenvalue weighted by Crippen LogP contribution is -2.12. The summed E-state index contributed by atoms with van der Waals surface area (Å²) in [5, 5.41) is 0. The minimum atomic E-state index is 0.868. The highest BCUT2D eigenvalue weighted by Gasteiger charge is 2.11. The van der Waals surface area contributed by atoms with E-state index >= 15 is 0 Å². The first-order valence-corrected chi connectivity index (χ1v) is 25.4. The van der Waals surface area contributed by atoms with Crippen molar-refractivity contribution >= 4 is 22.8 Å². The second-order valence-electron chi connectivity index (χ2n) is 17.8. The summed E-state index contributed by atoms with van der Waals surface area (Å²) in [6, 6.07) is 13.5. The van der Waals surface area contributed by atoms with E-state index in [4.69, 9.17) is 9.98 Å². The third-order valence-electron chi connectivity index (χ3n) is 11.9. The molecule has 0 heterocycles. The van der Waals surface area contributed by atoms with E-state index < -0.39 is 0 Å². The third-order valence-corrected chi connectivity index (χ3v) is 11.9. The molecule has 0 amide bonds. The quantitative estimate of drug-likeness (QED) is 0.0373. The Hall–Kier alpha value is -2.66. The molecule has 0 saturated heterocycles. The Morgan fingerprint density at radius 3 is 1.33 bits per heavy atom. The van der Waals surface area contributed by atoms with Gasteiger partial charge >= 0.3 is 0 Å². The Bertz CT molecular complexity index is 1400. The summed E-state index contributed by atoms with van der Waals surface area (Å²) < 4.78 is 0. The Kier molecular flexibility index (Phi) is 32.1. The third kappa shape index (κ3) is 26.4. The van der Waals surface area contributed by atoms with Crippen LogP contribution in [0.5, 0.6) is 0 Å². The maximum atomic E-state index is 5.31. The van der Waals surface area contributed by atoms with Gasteiger partial charge in [-0.1, -0.05) is 213 Å². The fourth-order valence-corrected chi connectivity index (χ4v) is 8.27. The summed E-state index contributed by atoms with van der Waals surface area (Å²) in [6.07, 6.45) is 45.1. The van der Waals surface area contributed by atoms with Gasteiger partial charge in [-0.15, -0.1) is 0 Å². The van der Waals surface area contributed by atoms with Gasteiger partial charge in [0.2, 0.25) is 0 Å². The van der Waals surface area contributed by atoms with Crippen LogP contribution in [0.4, 0.5) is 11.4 Å². The predicted molar refractivity (Wildman–Crippen MR) is 262 cm³/mol. The van der Waals surface area contributed by atoms with Crippen molar-refractivity contribution in [1.82, 2.24) is 0 Å². The minimum absolute atomic E-state index is 0.868. The number of hydrogen-bond donors (Lipinski definition) is 0. The summed E-state index contributed by atoms with van der Waals surface area (Å²) in [4.78, 5) is 10.6. The number of rotatable bonds is 36. The smallest absolute Gasteiger partial charge is 0.135 e. The van der Waals surface area contributed by atoms with Crippen LogP contribution in [0, 0.1) is 25.7 Å². The molecule has 0 radical (unpaired) electrons. The van der Waals surface area contributed by atoms with E-state index in [0.29, 0.717) is 0 Å². The largest absolute Gasteiger partial charge is 0.250 e. The van der Waals surface area contributed by atoms with Gasteiger partial charge in [-0.25, -0.2) is 4.99 Å². The second kappa shape index (κ2) is 36.2. The molecule has 0 fully saturated rings. The standard InChI is InChI=1S/C56H92N2/c1-7-11-15-16-17-18-19-20-21-22-23-24-25-26-27-28-29-30-31-32-33-34-35-36-38-42-55(56(41-37-12-8-2)58-54-46-49(5)45-50(6)47-54)57-53-44-43-51(39-13-9-3)52(48-53)40-14-10-4/h43-48H,7-37,39-41H2,1-6H3. The number of unbranched alkanes of at least 4 members (excludes halogenated alkanes) is 27. The average molecular weight is 793 g/mol. The topological polar surface area (TPSA) is 24.7 Å². The predicted octanol–water partition coefficient (Wildman–Crippen LogP) is 18.8. The molecule has 0 unspecified atom stereocenters. The number of nitrogens with zero attached hydrogens (tertiary/aromatic N) is 2. The summed E-state index contributed by atoms with van der Waals surface area (Å²) in [5.41, 5.74) is 9.42. The first-order chi connectivity index (χ1) is 28.5. The van der Waals surface area contributed by atoms with Crippen LogP contribution in [-0.4, -0.2) is 11.4 Å². The molecule has 2 aromatic rings. The van der Waals surface area contributed by atoms with Crippen LogP contribution < -0.4 is 0 Å². The Balaban J connectivity index is 1.82. The molecule has 0 aliphatic carbocycles. The van der Waals surface area contributed by atoms with E-state index in [-0.39, 0.29) is 0 Å². The molecule has 326 valence electrons. The number of hydrogen-bond acceptors (Lipinski definition) is 2. The van der Waals surface area contributed by atoms with Crippen molar-refractivity contribution in [3.05, 3.63) is 58.7 Å². The maximum Gasteiger partial charge on any atom is 0.135 e. The Labute approximate surface area is 361 Å². The lowest BCUT2D eigenvalue weighted by atomic mass is 9.97. The monoisotopic (exact) mass is 793 g/mol. The number of aliphatic imine (C=N–C) groups is 2. The number of aryl methyl sites for hydroxylation is 4. The molecule has 0 aromatic heterocycles. The van der Waals surface area contributed by atoms with Crippen molar-refractivity contribution < 1.29 is 0 Å². The van der Waals surface area contributed by atoms with Crippen LogP contribution >= 0.6 is 0 Å². The van der Waals surface area contributed by atoms with Crippen molar-refractivity contribution in [3.63, 3.8) is 0 Å². The van der Waals surface area contributed by atoms with E-state index in [1.165, 1.54) is 208 Å². The van der Waals surface area contributed by atoms with Crippen molar-refractivity contribution in [2.24, 2.45) is 9.98 Å². The van der Waals surface area contributed by atoms with Crippen LogP contribution in [0.25, 0.3) is 0 Å². The molecule has 0 aliphatic rings. The Morgan fingerprint density at radius 2 is 0.845 bits per heavy atom. The first-order valence-electron chi connectivity index (χ1n) is 25.4. The lowest BCUT2D eigenvalue weighted by molar-refractivity contribution is 0.518. The fraction of sp³-hybridized carbons (Fsp3) is 0.714. The van der Waals surface area contributed by atoms with Gasteiger partial charge in [0.25, 0.3) is 0 Å². The molecule has 0 N–H and O–H groups in total. The molecule has 0 bridgehead atoms. The summed E-state index contributed by atoms with van der Waals surface area (Å²) in [6.45, 7) is 13.5. The molecule has 0 spiro atoms. The van der Waals surface area contributed by atoms with E-state index in [1.807, 2.05) is 0 Å². The van der Waals surface area contributed by atoms with Crippen molar-refractivity contribution in [2.75, 3.05) is 0 Å². The lowest BCUT2D eigenvalue weighted by Gasteiger charge is -2.11. The summed E-state index contributed by atoms with van der Waals surface area (Å²) in [7, 11) is 0. The van der Waals surface area contributed by atoms with E-state index in [9.17, 15) is 0 Å². The van der Waals surface area contributed by atoms with Gasteiger partial charge in [0, 0.05) is 6.42 Å². The molecule has 0 aliphatic heterocycles. The van der Waals surface area contributed by atoms with Crippen LogP contribution in [0.3, 0.4) is 0 Å². The van der Waals surface area contributed by atoms with Gasteiger partial charge in [0.15, 0.2) is 0 Å². The van der Waals surface area contributed by atoms with Gasteiger partial charge in [-0.05, 0) is 111 Å². The number of benzene rings is 2. The first kappa shape index (κ1) is 51.5. The molecule has 2 aromatic carbocycles. The highest BCUT2D eigenvalue weighted by molar-refractivity contribution is 6.49. The van der Waals surface area contributed by atoms with Gasteiger partial charge in [-0.3, -0.25) is 4.99 Å². The van der Waals surface area contributed by atoms with Crippen molar-refractivity contribution in [1.29, 1.82) is 0 Å². The zero-order valence-electron chi connectivity index (χ0n) is 39.4. The SMILES string of the molecule is CCCCCCCCCCCCCCCCCCCCCCCCCC#CC(=Nc1ccc(CCCC)c(CCCC)c1)C(CCCCC)=Nc1cc(C)cc(C)c1. The van der Waals surface area contributed by atoms with Crippen LogP contribution in [0.1, 0.15) is 255 Å². The molecule has 2 rings (SSSR count). The normalized spacial score (nSPS) is 12.0. The van der Waals surface area contributed by atoms with Crippen molar-refractivity contribution in [3.8, 4) is 11.8 Å². The molecule has 2 nitrogen and oxygen atoms in total. The van der Waals surface area contributed by atoms with Gasteiger partial charge in [0.05, 0.1) is 17.1 Å². The van der Waals surface area contributed by atoms with Crippen molar-refractivity contribution in [2.45, 2.75) is 260 Å². The molecular formula is C56H92N2. The van der Waals surface area contributed by atoms with Gasteiger partial charge in [-0.2, -0.15) is 0 Å². The zero-order valence-corrected chi connectivity index (χ0v) is 39.4. The average Bonchev–Trinajstić information content (AvgIpc) is 3.21. The fourth-order valence-electron chi connectivity index (χ4n) is 8.27. The summed E-state index contributed by atoms with van der Waals surface area (Å²) >= 11 is 0. The Morgan fingerprint density at radius 1 is 0.414 bits per heavy atom. The highest BCUT2D eigenvalue weighted by Crippen LogP contribution is 2.25. The molecular weight excluding hydrogens is 701 g/mol. The molecule has 58 heavy (non-hydrogen) atoms. The molecule has 0 saturated carbocycles. The second-order valence-corrected chi connectivity index (χ2v) is 17.8. The highest BCUT2D eigenvalue weighted by atomic mass is 14.8. The van der Waals surface area contributed by atoms with Gasteiger partial charge < -0.3 is 0 Å². The van der Waals surface area contributed by atoms with Crippen LogP contribution in [0.15, 0.2) is 46.4 Å². The van der Waals surface area contributed by atoms with Crippen LogP contribution in [-0.2, 0) is 12.8 Å². The zero-order chi connectivity index (χ0) is 41.7. The maximum absolute atomic E-state index is 5.31. The summed E-state index contributed by atoms with van der Waals surface area (Å²) in [5.74, 6) is 7.17. The molecule has 0 atom stereocenters. The molecule has 2 heteroatoms. The van der Waals surface area contributed by atoms with Crippen LogP contribution in [0.2, 0.25) is 0 Å².